The molecule has 0 atom stereocenters. The highest BCUT2D eigenvalue weighted by Gasteiger charge is 2.41. The lowest BCUT2D eigenvalue weighted by Gasteiger charge is -2.19. The quantitative estimate of drug-likeness (QED) is 0.860. The Morgan fingerprint density at radius 2 is 2.08 bits per heavy atom. The molecule has 0 saturated carbocycles. The number of nitrogens with one attached hydrogen (secondary N) is 2. The van der Waals surface area contributed by atoms with Crippen LogP contribution in [0.4, 0.5) is 18.9 Å². The highest BCUT2D eigenvalue weighted by Crippen LogP contribution is 2.21. The van der Waals surface area contributed by atoms with E-state index in [1.54, 1.807) is 18.2 Å². The van der Waals surface area contributed by atoms with Crippen molar-refractivity contribution in [2.45, 2.75) is 12.7 Å². The number of H-pyrrole nitrogens is 1. The van der Waals surface area contributed by atoms with E-state index in [1.807, 2.05) is 0 Å². The molecule has 134 valence electrons. The summed E-state index contributed by atoms with van der Waals surface area (Å²) in [7, 11) is 2.44. The average molecular weight is 356 g/mol. The molecule has 1 heterocycles. The Morgan fingerprint density at radius 1 is 1.36 bits per heavy atom. The summed E-state index contributed by atoms with van der Waals surface area (Å²) in [4.78, 5) is 23.9. The standard InChI is InChI=1S/C15H15F3N4O3/c1-22(14(24)15(16,17)18)8-9-4-3-5-10(6-9)20-13(23)12-11(25-2)7-19-21-12/h3-7H,8H2,1-2H3,(H,19,21)(H,20,23). The second kappa shape index (κ2) is 7.24. The number of carbonyl (C=O) groups excluding carboxylic acids is 2. The average Bonchev–Trinajstić information content (AvgIpc) is 3.02. The number of anilines is 1. The van der Waals surface area contributed by atoms with Crippen molar-refractivity contribution in [1.29, 1.82) is 0 Å². The lowest BCUT2D eigenvalue weighted by atomic mass is 10.2. The number of amides is 2. The topological polar surface area (TPSA) is 87.3 Å². The van der Waals surface area contributed by atoms with Crippen molar-refractivity contribution in [3.63, 3.8) is 0 Å². The number of ether oxygens (including phenoxy) is 1. The summed E-state index contributed by atoms with van der Waals surface area (Å²) >= 11 is 0. The molecule has 25 heavy (non-hydrogen) atoms. The van der Waals surface area contributed by atoms with Gasteiger partial charge in [0.05, 0.1) is 13.3 Å². The van der Waals surface area contributed by atoms with Gasteiger partial charge < -0.3 is 15.0 Å². The normalized spacial score (nSPS) is 11.1. The number of benzene rings is 1. The molecule has 0 bridgehead atoms. The van der Waals surface area contributed by atoms with Gasteiger partial charge in [0.2, 0.25) is 0 Å². The van der Waals surface area contributed by atoms with Gasteiger partial charge in [-0.15, -0.1) is 0 Å². The maximum absolute atomic E-state index is 12.4. The van der Waals surface area contributed by atoms with Gasteiger partial charge in [-0.3, -0.25) is 14.7 Å². The summed E-state index contributed by atoms with van der Waals surface area (Å²) < 4.78 is 42.2. The number of methoxy groups -OCH3 is 1. The van der Waals surface area contributed by atoms with Crippen LogP contribution in [0.1, 0.15) is 16.1 Å². The second-order valence-corrected chi connectivity index (χ2v) is 5.13. The van der Waals surface area contributed by atoms with Gasteiger partial charge in [-0.25, -0.2) is 0 Å². The molecule has 0 aliphatic heterocycles. The molecular weight excluding hydrogens is 341 g/mol. The van der Waals surface area contributed by atoms with Crippen LogP contribution in [-0.4, -0.2) is 47.2 Å². The molecule has 0 radical (unpaired) electrons. The lowest BCUT2D eigenvalue weighted by Crippen LogP contribution is -2.37. The lowest BCUT2D eigenvalue weighted by molar-refractivity contribution is -0.184. The molecule has 0 saturated heterocycles. The highest BCUT2D eigenvalue weighted by molar-refractivity contribution is 6.04. The monoisotopic (exact) mass is 356 g/mol. The largest absolute Gasteiger partial charge is 0.493 e. The first kappa shape index (κ1) is 18.3. The molecule has 2 amide bonds. The Hall–Kier alpha value is -3.04. The first-order valence-corrected chi connectivity index (χ1v) is 7.02. The van der Waals surface area contributed by atoms with Crippen LogP contribution in [0.2, 0.25) is 0 Å². The van der Waals surface area contributed by atoms with Gasteiger partial charge in [0.15, 0.2) is 11.4 Å². The van der Waals surface area contributed by atoms with E-state index in [1.165, 1.54) is 19.4 Å². The zero-order chi connectivity index (χ0) is 18.6. The van der Waals surface area contributed by atoms with Crippen LogP contribution < -0.4 is 10.1 Å². The van der Waals surface area contributed by atoms with E-state index in [2.05, 4.69) is 15.5 Å². The summed E-state index contributed by atoms with van der Waals surface area (Å²) in [6, 6.07) is 6.14. The van der Waals surface area contributed by atoms with Gasteiger partial charge >= 0.3 is 12.1 Å². The summed E-state index contributed by atoms with van der Waals surface area (Å²) in [5.74, 6) is -2.21. The molecule has 2 N–H and O–H groups in total. The van der Waals surface area contributed by atoms with E-state index < -0.39 is 18.0 Å². The molecule has 10 heteroatoms. The third kappa shape index (κ3) is 4.49. The number of hydrogen-bond acceptors (Lipinski definition) is 4. The Bertz CT molecular complexity index is 773. The zero-order valence-corrected chi connectivity index (χ0v) is 13.3. The van der Waals surface area contributed by atoms with Gasteiger partial charge in [0.1, 0.15) is 0 Å². The minimum atomic E-state index is -4.93. The van der Waals surface area contributed by atoms with Gasteiger partial charge in [-0.05, 0) is 17.7 Å². The Kier molecular flexibility index (Phi) is 5.30. The summed E-state index contributed by atoms with van der Waals surface area (Å²) in [5.41, 5.74) is 0.888. The molecular formula is C15H15F3N4O3. The van der Waals surface area contributed by atoms with Crippen LogP contribution in [0.5, 0.6) is 5.75 Å². The van der Waals surface area contributed by atoms with Crippen LogP contribution in [0.3, 0.4) is 0 Å². The van der Waals surface area contributed by atoms with Crippen LogP contribution in [-0.2, 0) is 11.3 Å². The molecule has 1 aromatic heterocycles. The van der Waals surface area contributed by atoms with E-state index in [-0.39, 0.29) is 18.0 Å². The van der Waals surface area contributed by atoms with Crippen LogP contribution in [0, 0.1) is 0 Å². The van der Waals surface area contributed by atoms with E-state index in [4.69, 9.17) is 4.74 Å². The predicted octanol–water partition coefficient (Wildman–Crippen LogP) is 2.19. The first-order valence-electron chi connectivity index (χ1n) is 7.02. The molecule has 2 rings (SSSR count). The molecule has 0 aliphatic rings. The number of hydrogen-bond donors (Lipinski definition) is 2. The van der Waals surface area contributed by atoms with E-state index in [0.717, 1.165) is 7.05 Å². The number of aromatic amines is 1. The van der Waals surface area contributed by atoms with E-state index in [0.29, 0.717) is 16.2 Å². The van der Waals surface area contributed by atoms with Crippen molar-refractivity contribution in [3.05, 3.63) is 41.7 Å². The van der Waals surface area contributed by atoms with Crippen molar-refractivity contribution in [3.8, 4) is 5.75 Å². The summed E-state index contributed by atoms with van der Waals surface area (Å²) in [6.07, 6.45) is -3.60. The molecule has 0 aliphatic carbocycles. The second-order valence-electron chi connectivity index (χ2n) is 5.13. The Labute approximate surface area is 140 Å². The van der Waals surface area contributed by atoms with E-state index >= 15 is 0 Å². The van der Waals surface area contributed by atoms with Crippen molar-refractivity contribution in [2.24, 2.45) is 0 Å². The summed E-state index contributed by atoms with van der Waals surface area (Å²) in [6.45, 7) is -0.255. The molecule has 0 fully saturated rings. The fourth-order valence-corrected chi connectivity index (χ4v) is 2.10. The van der Waals surface area contributed by atoms with Crippen LogP contribution in [0.25, 0.3) is 0 Å². The first-order chi connectivity index (χ1) is 11.7. The van der Waals surface area contributed by atoms with E-state index in [9.17, 15) is 22.8 Å². The van der Waals surface area contributed by atoms with Crippen LogP contribution >= 0.6 is 0 Å². The maximum Gasteiger partial charge on any atom is 0.471 e. The number of nitrogens with zero attached hydrogens (tertiary/aromatic N) is 2. The van der Waals surface area contributed by atoms with Gasteiger partial charge in [-0.1, -0.05) is 12.1 Å². The van der Waals surface area contributed by atoms with Crippen molar-refractivity contribution >= 4 is 17.5 Å². The van der Waals surface area contributed by atoms with Gasteiger partial charge in [0, 0.05) is 19.3 Å². The molecule has 0 spiro atoms. The van der Waals surface area contributed by atoms with Crippen molar-refractivity contribution in [1.82, 2.24) is 15.1 Å². The zero-order valence-electron chi connectivity index (χ0n) is 13.3. The van der Waals surface area contributed by atoms with Gasteiger partial charge in [0.25, 0.3) is 5.91 Å². The number of halogens is 3. The minimum absolute atomic E-state index is 0.109. The Morgan fingerprint density at radius 3 is 2.72 bits per heavy atom. The van der Waals surface area contributed by atoms with Crippen LogP contribution in [0.15, 0.2) is 30.5 Å². The third-order valence-corrected chi connectivity index (χ3v) is 3.25. The fraction of sp³-hybridized carbons (Fsp3) is 0.267. The number of carbonyl (C=O) groups is 2. The maximum atomic E-state index is 12.4. The fourth-order valence-electron chi connectivity index (χ4n) is 2.10. The van der Waals surface area contributed by atoms with Crippen molar-refractivity contribution < 1.29 is 27.5 Å². The highest BCUT2D eigenvalue weighted by atomic mass is 19.4. The third-order valence-electron chi connectivity index (χ3n) is 3.25. The minimum Gasteiger partial charge on any atom is -0.493 e. The number of rotatable bonds is 5. The summed E-state index contributed by atoms with van der Waals surface area (Å²) in [5, 5.41) is 8.76. The predicted molar refractivity (Wildman–Crippen MR) is 82.1 cm³/mol. The SMILES string of the molecule is COc1cn[nH]c1C(=O)Nc1cccc(CN(C)C(=O)C(F)(F)F)c1. The molecule has 0 unspecified atom stereocenters. The molecule has 1 aromatic carbocycles. The number of aromatic nitrogens is 2. The van der Waals surface area contributed by atoms with Gasteiger partial charge in [-0.2, -0.15) is 18.3 Å². The van der Waals surface area contributed by atoms with Crippen molar-refractivity contribution in [2.75, 3.05) is 19.5 Å². The Balaban J connectivity index is 2.09. The smallest absolute Gasteiger partial charge is 0.471 e. The number of alkyl halides is 3. The molecule has 2 aromatic rings. The molecule has 7 nitrogen and oxygen atoms in total.